The van der Waals surface area contributed by atoms with Crippen LogP contribution in [0.15, 0.2) is 30.3 Å². The molecule has 0 radical (unpaired) electrons. The molecule has 8 heteroatoms. The molecule has 5 rings (SSSR count). The van der Waals surface area contributed by atoms with Crippen LogP contribution >= 0.6 is 0 Å². The molecule has 8 nitrogen and oxygen atoms in total. The van der Waals surface area contributed by atoms with Crippen molar-refractivity contribution in [2.75, 3.05) is 24.5 Å². The lowest BCUT2D eigenvalue weighted by atomic mass is 9.73. The number of nitrogens with zero attached hydrogens (tertiary/aromatic N) is 5. The fourth-order valence-electron chi connectivity index (χ4n) is 5.41. The van der Waals surface area contributed by atoms with Gasteiger partial charge in [0, 0.05) is 31.3 Å². The Bertz CT molecular complexity index is 884. The first-order valence-corrected chi connectivity index (χ1v) is 10.6. The molecule has 1 amide bonds. The minimum absolute atomic E-state index is 0.133. The quantitative estimate of drug-likeness (QED) is 0.802. The highest BCUT2D eigenvalue weighted by Crippen LogP contribution is 2.55. The number of tetrazole rings is 1. The molecule has 0 unspecified atom stereocenters. The van der Waals surface area contributed by atoms with Crippen LogP contribution in [0.25, 0.3) is 5.69 Å². The third-order valence-corrected chi connectivity index (χ3v) is 6.65. The average molecular weight is 396 g/mol. The molecular formula is C21H28N6O2. The Hall–Kier alpha value is -2.48. The lowest BCUT2D eigenvalue weighted by molar-refractivity contribution is -0.122. The van der Waals surface area contributed by atoms with Crippen molar-refractivity contribution >= 4 is 11.9 Å². The molecule has 0 aliphatic carbocycles. The number of nitrogens with one attached hydrogen (secondary N) is 1. The molecule has 3 fully saturated rings. The summed E-state index contributed by atoms with van der Waals surface area (Å²) in [4.78, 5) is 14.4. The molecule has 4 atom stereocenters. The monoisotopic (exact) mass is 396 g/mol. The van der Waals surface area contributed by atoms with Crippen molar-refractivity contribution < 1.29 is 9.53 Å². The summed E-state index contributed by atoms with van der Waals surface area (Å²) in [5, 5.41) is 15.6. The number of hydrogen-bond acceptors (Lipinski definition) is 6. The number of benzene rings is 1. The molecule has 29 heavy (non-hydrogen) atoms. The Labute approximate surface area is 170 Å². The van der Waals surface area contributed by atoms with Crippen molar-refractivity contribution in [1.82, 2.24) is 25.5 Å². The van der Waals surface area contributed by atoms with Gasteiger partial charge in [-0.05, 0) is 41.3 Å². The van der Waals surface area contributed by atoms with Crippen molar-refractivity contribution in [2.45, 2.75) is 44.8 Å². The maximum Gasteiger partial charge on any atom is 0.250 e. The number of fused-ring (bicyclic) bond motifs is 1. The Morgan fingerprint density at radius 3 is 2.97 bits per heavy atom. The highest BCUT2D eigenvalue weighted by molar-refractivity contribution is 5.76. The van der Waals surface area contributed by atoms with E-state index in [1.165, 1.54) is 0 Å². The minimum atomic E-state index is -0.133. The number of para-hydroxylation sites is 1. The zero-order chi connectivity index (χ0) is 20.0. The van der Waals surface area contributed by atoms with Gasteiger partial charge >= 0.3 is 0 Å². The first kappa shape index (κ1) is 18.5. The summed E-state index contributed by atoms with van der Waals surface area (Å²) in [7, 11) is 0. The largest absolute Gasteiger partial charge is 0.369 e. The Morgan fingerprint density at radius 1 is 1.34 bits per heavy atom. The van der Waals surface area contributed by atoms with Crippen molar-refractivity contribution in [3.8, 4) is 5.69 Å². The maximum absolute atomic E-state index is 12.2. The number of aromatic nitrogens is 4. The summed E-state index contributed by atoms with van der Waals surface area (Å²) in [6.07, 6.45) is 2.97. The summed E-state index contributed by atoms with van der Waals surface area (Å²) in [6.45, 7) is 6.49. The van der Waals surface area contributed by atoms with Gasteiger partial charge in [0.15, 0.2) is 0 Å². The minimum Gasteiger partial charge on any atom is -0.369 e. The molecule has 1 aromatic heterocycles. The van der Waals surface area contributed by atoms with Crippen molar-refractivity contribution in [1.29, 1.82) is 0 Å². The smallest absolute Gasteiger partial charge is 0.250 e. The van der Waals surface area contributed by atoms with Gasteiger partial charge in [-0.2, -0.15) is 4.68 Å². The molecule has 3 saturated heterocycles. The lowest BCUT2D eigenvalue weighted by Crippen LogP contribution is -2.42. The van der Waals surface area contributed by atoms with Gasteiger partial charge in [0.25, 0.3) is 0 Å². The van der Waals surface area contributed by atoms with Crippen LogP contribution < -0.4 is 10.2 Å². The normalized spacial score (nSPS) is 30.2. The van der Waals surface area contributed by atoms with E-state index in [0.29, 0.717) is 30.7 Å². The van der Waals surface area contributed by atoms with Gasteiger partial charge in [-0.15, -0.1) is 0 Å². The molecule has 2 bridgehead atoms. The van der Waals surface area contributed by atoms with E-state index < -0.39 is 0 Å². The number of carbonyl (C=O) groups is 1. The number of rotatable bonds is 6. The van der Waals surface area contributed by atoms with Gasteiger partial charge in [-0.1, -0.05) is 37.1 Å². The van der Waals surface area contributed by atoms with E-state index in [0.717, 1.165) is 37.6 Å². The van der Waals surface area contributed by atoms with Gasteiger partial charge in [0.2, 0.25) is 11.9 Å². The molecule has 3 aliphatic heterocycles. The Balaban J connectivity index is 1.33. The Kier molecular flexibility index (Phi) is 4.53. The third-order valence-electron chi connectivity index (χ3n) is 6.65. The fraction of sp³-hybridized carbons (Fsp3) is 0.619. The molecule has 1 aromatic carbocycles. The number of ether oxygens (including phenoxy) is 1. The van der Waals surface area contributed by atoms with E-state index in [1.807, 2.05) is 30.3 Å². The molecule has 4 heterocycles. The molecule has 1 N–H and O–H groups in total. The molecule has 2 aromatic rings. The van der Waals surface area contributed by atoms with E-state index in [-0.39, 0.29) is 17.6 Å². The van der Waals surface area contributed by atoms with Gasteiger partial charge < -0.3 is 15.0 Å². The second kappa shape index (κ2) is 7.09. The summed E-state index contributed by atoms with van der Waals surface area (Å²) in [5.41, 5.74) is 0.816. The number of amides is 1. The maximum atomic E-state index is 12.2. The first-order valence-electron chi connectivity index (χ1n) is 10.6. The van der Waals surface area contributed by atoms with Crippen LogP contribution in [-0.4, -0.2) is 57.5 Å². The van der Waals surface area contributed by atoms with Crippen molar-refractivity contribution in [3.63, 3.8) is 0 Å². The Morgan fingerprint density at radius 2 is 2.17 bits per heavy atom. The van der Waals surface area contributed by atoms with Gasteiger partial charge in [-0.3, -0.25) is 4.79 Å². The molecule has 154 valence electrons. The topological polar surface area (TPSA) is 85.2 Å². The molecule has 1 spiro atoms. The zero-order valence-electron chi connectivity index (χ0n) is 17.0. The number of anilines is 1. The van der Waals surface area contributed by atoms with Crippen LogP contribution in [0.3, 0.4) is 0 Å². The molecular weight excluding hydrogens is 368 g/mol. The van der Waals surface area contributed by atoms with Crippen LogP contribution in [0.4, 0.5) is 5.95 Å². The van der Waals surface area contributed by atoms with E-state index in [2.05, 4.69) is 39.6 Å². The van der Waals surface area contributed by atoms with E-state index in [1.54, 1.807) is 4.68 Å². The van der Waals surface area contributed by atoms with Crippen LogP contribution in [-0.2, 0) is 9.53 Å². The van der Waals surface area contributed by atoms with Gasteiger partial charge in [-0.25, -0.2) is 0 Å². The highest BCUT2D eigenvalue weighted by Gasteiger charge is 2.63. The van der Waals surface area contributed by atoms with Crippen LogP contribution in [0.5, 0.6) is 0 Å². The van der Waals surface area contributed by atoms with Gasteiger partial charge in [0.1, 0.15) is 0 Å². The van der Waals surface area contributed by atoms with Crippen molar-refractivity contribution in [3.05, 3.63) is 30.3 Å². The van der Waals surface area contributed by atoms with Crippen molar-refractivity contribution in [2.24, 2.45) is 17.8 Å². The lowest BCUT2D eigenvalue weighted by Gasteiger charge is -2.29. The SMILES string of the molecule is CC(C)CC(=O)NC[C@H]1[C@H]2CN(c3nnnn3-c3ccccc3)C[C@]23CC[C@H]1O3. The molecule has 0 saturated carbocycles. The summed E-state index contributed by atoms with van der Waals surface area (Å²) >= 11 is 0. The van der Waals surface area contributed by atoms with E-state index in [4.69, 9.17) is 4.74 Å². The van der Waals surface area contributed by atoms with E-state index >= 15 is 0 Å². The highest BCUT2D eigenvalue weighted by atomic mass is 16.5. The second-order valence-electron chi connectivity index (χ2n) is 9.04. The first-order chi connectivity index (χ1) is 14.1. The second-order valence-corrected chi connectivity index (χ2v) is 9.04. The van der Waals surface area contributed by atoms with Crippen LogP contribution in [0.1, 0.15) is 33.1 Å². The predicted octanol–water partition coefficient (Wildman–Crippen LogP) is 1.81. The fourth-order valence-corrected chi connectivity index (χ4v) is 5.41. The van der Waals surface area contributed by atoms with Crippen LogP contribution in [0, 0.1) is 17.8 Å². The molecule has 3 aliphatic rings. The standard InChI is InChI=1S/C21H28N6O2/c1-14(2)10-19(28)22-11-16-17-12-26(13-21(17)9-8-18(16)29-21)20-23-24-25-27(20)15-6-4-3-5-7-15/h3-7,14,16-18H,8-13H2,1-2H3,(H,22,28)/t16-,17+,18+,21+/m0/s1. The summed E-state index contributed by atoms with van der Waals surface area (Å²) in [5.74, 6) is 2.01. The number of hydrogen-bond donors (Lipinski definition) is 1. The average Bonchev–Trinajstić information content (AvgIpc) is 3.45. The van der Waals surface area contributed by atoms with E-state index in [9.17, 15) is 4.79 Å². The third kappa shape index (κ3) is 3.19. The zero-order valence-corrected chi connectivity index (χ0v) is 17.0. The summed E-state index contributed by atoms with van der Waals surface area (Å²) < 4.78 is 8.31. The van der Waals surface area contributed by atoms with Crippen LogP contribution in [0.2, 0.25) is 0 Å². The number of carbonyl (C=O) groups excluding carboxylic acids is 1. The predicted molar refractivity (Wildman–Crippen MR) is 108 cm³/mol. The summed E-state index contributed by atoms with van der Waals surface area (Å²) in [6, 6.07) is 9.96. The van der Waals surface area contributed by atoms with Gasteiger partial charge in [0.05, 0.1) is 23.9 Å².